The second-order valence-electron chi connectivity index (χ2n) is 5.38. The van der Waals surface area contributed by atoms with Gasteiger partial charge in [0.1, 0.15) is 0 Å². The van der Waals surface area contributed by atoms with Crippen molar-refractivity contribution in [2.24, 2.45) is 0 Å². The second-order valence-corrected chi connectivity index (χ2v) is 7.44. The first-order valence-corrected chi connectivity index (χ1v) is 8.87. The molecule has 6 heteroatoms. The fourth-order valence-electron chi connectivity index (χ4n) is 2.39. The maximum Gasteiger partial charge on any atom is 0.262 e. The number of aromatic nitrogens is 1. The smallest absolute Gasteiger partial charge is 0.262 e. The number of rotatable bonds is 3. The van der Waals surface area contributed by atoms with E-state index in [1.54, 1.807) is 50.4 Å². The molecule has 0 unspecified atom stereocenters. The largest absolute Gasteiger partial charge is 0.280 e. The van der Waals surface area contributed by atoms with Gasteiger partial charge in [0.15, 0.2) is 0 Å². The highest BCUT2D eigenvalue weighted by Crippen LogP contribution is 2.26. The number of sulfonamides is 1. The van der Waals surface area contributed by atoms with Crippen LogP contribution >= 0.6 is 11.6 Å². The number of anilines is 1. The lowest BCUT2D eigenvalue weighted by Crippen LogP contribution is -2.14. The quantitative estimate of drug-likeness (QED) is 0.769. The first kappa shape index (κ1) is 15.8. The number of hydrogen-bond acceptors (Lipinski definition) is 3. The molecule has 0 saturated carbocycles. The molecule has 2 aromatic carbocycles. The zero-order chi connectivity index (χ0) is 16.6. The number of hydrogen-bond donors (Lipinski definition) is 1. The Labute approximate surface area is 140 Å². The Morgan fingerprint density at radius 2 is 1.83 bits per heavy atom. The first-order chi connectivity index (χ1) is 10.9. The molecule has 0 fully saturated rings. The highest BCUT2D eigenvalue weighted by atomic mass is 35.5. The van der Waals surface area contributed by atoms with Crippen LogP contribution in [0.3, 0.4) is 0 Å². The summed E-state index contributed by atoms with van der Waals surface area (Å²) in [6.07, 6.45) is 1.70. The predicted octanol–water partition coefficient (Wildman–Crippen LogP) is 4.31. The topological polar surface area (TPSA) is 59.1 Å². The van der Waals surface area contributed by atoms with Gasteiger partial charge in [-0.15, -0.1) is 0 Å². The van der Waals surface area contributed by atoms with Gasteiger partial charge in [-0.1, -0.05) is 17.7 Å². The van der Waals surface area contributed by atoms with E-state index in [1.165, 1.54) is 0 Å². The molecule has 4 nitrogen and oxygen atoms in total. The summed E-state index contributed by atoms with van der Waals surface area (Å²) in [6.45, 7) is 3.51. The number of nitrogens with one attached hydrogen (secondary N) is 1. The van der Waals surface area contributed by atoms with Gasteiger partial charge in [0.2, 0.25) is 0 Å². The Balaban J connectivity index is 2.01. The third-order valence-corrected chi connectivity index (χ3v) is 5.53. The minimum Gasteiger partial charge on any atom is -0.280 e. The lowest BCUT2D eigenvalue weighted by molar-refractivity contribution is 0.600. The molecule has 118 valence electrons. The molecule has 0 amide bonds. The Morgan fingerprint density at radius 3 is 2.61 bits per heavy atom. The molecule has 1 heterocycles. The minimum absolute atomic E-state index is 0.227. The summed E-state index contributed by atoms with van der Waals surface area (Å²) >= 11 is 6.04. The van der Waals surface area contributed by atoms with Crippen molar-refractivity contribution in [3.05, 3.63) is 64.8 Å². The van der Waals surface area contributed by atoms with Gasteiger partial charge in [0.05, 0.1) is 10.4 Å². The summed E-state index contributed by atoms with van der Waals surface area (Å²) in [4.78, 5) is 4.45. The summed E-state index contributed by atoms with van der Waals surface area (Å²) in [5.41, 5.74) is 2.64. The van der Waals surface area contributed by atoms with Crippen molar-refractivity contribution in [2.75, 3.05) is 4.72 Å². The van der Waals surface area contributed by atoms with Crippen molar-refractivity contribution in [3.63, 3.8) is 0 Å². The number of fused-ring (bicyclic) bond motifs is 1. The number of nitrogens with zero attached hydrogens (tertiary/aromatic N) is 1. The van der Waals surface area contributed by atoms with Gasteiger partial charge in [-0.3, -0.25) is 9.71 Å². The third-order valence-electron chi connectivity index (χ3n) is 3.60. The van der Waals surface area contributed by atoms with Crippen LogP contribution in [0.15, 0.2) is 53.6 Å². The van der Waals surface area contributed by atoms with Crippen molar-refractivity contribution < 1.29 is 8.42 Å². The van der Waals surface area contributed by atoms with Crippen molar-refractivity contribution in [1.29, 1.82) is 0 Å². The van der Waals surface area contributed by atoms with Crippen LogP contribution in [-0.2, 0) is 10.0 Å². The van der Waals surface area contributed by atoms with E-state index in [4.69, 9.17) is 11.6 Å². The lowest BCUT2D eigenvalue weighted by Gasteiger charge is -2.12. The Kier molecular flexibility index (Phi) is 4.00. The van der Waals surface area contributed by atoms with Crippen molar-refractivity contribution in [2.45, 2.75) is 18.7 Å². The minimum atomic E-state index is -3.68. The summed E-state index contributed by atoms with van der Waals surface area (Å²) in [5, 5.41) is 1.43. The van der Waals surface area contributed by atoms with Gasteiger partial charge in [-0.25, -0.2) is 8.42 Å². The Morgan fingerprint density at radius 1 is 1.04 bits per heavy atom. The van der Waals surface area contributed by atoms with Gasteiger partial charge < -0.3 is 0 Å². The fraction of sp³-hybridized carbons (Fsp3) is 0.118. The van der Waals surface area contributed by atoms with E-state index in [9.17, 15) is 8.42 Å². The van der Waals surface area contributed by atoms with Crippen LogP contribution in [0.5, 0.6) is 0 Å². The van der Waals surface area contributed by atoms with Crippen LogP contribution in [-0.4, -0.2) is 13.4 Å². The molecule has 0 aliphatic heterocycles. The zero-order valence-corrected chi connectivity index (χ0v) is 14.2. The Bertz CT molecular complexity index is 1000. The van der Waals surface area contributed by atoms with E-state index in [2.05, 4.69) is 9.71 Å². The van der Waals surface area contributed by atoms with Crippen molar-refractivity contribution >= 4 is 38.2 Å². The number of aryl methyl sites for hydroxylation is 2. The first-order valence-electron chi connectivity index (χ1n) is 7.01. The predicted molar refractivity (Wildman–Crippen MR) is 93.5 cm³/mol. The maximum atomic E-state index is 12.7. The summed E-state index contributed by atoms with van der Waals surface area (Å²) < 4.78 is 27.9. The second kappa shape index (κ2) is 5.83. The van der Waals surface area contributed by atoms with Crippen molar-refractivity contribution in [3.8, 4) is 0 Å². The van der Waals surface area contributed by atoms with Gasteiger partial charge in [0, 0.05) is 22.3 Å². The van der Waals surface area contributed by atoms with E-state index in [0.29, 0.717) is 16.3 Å². The van der Waals surface area contributed by atoms with Crippen LogP contribution in [0, 0.1) is 13.8 Å². The molecule has 23 heavy (non-hydrogen) atoms. The molecule has 0 aliphatic carbocycles. The van der Waals surface area contributed by atoms with Crippen LogP contribution < -0.4 is 4.72 Å². The summed E-state index contributed by atoms with van der Waals surface area (Å²) in [6, 6.07) is 12.2. The number of benzene rings is 2. The molecule has 3 rings (SSSR count). The molecule has 0 saturated heterocycles. The van der Waals surface area contributed by atoms with E-state index in [1.807, 2.05) is 12.1 Å². The highest BCUT2D eigenvalue weighted by molar-refractivity contribution is 7.92. The molecule has 3 aromatic rings. The number of pyridine rings is 1. The molecule has 0 aliphatic rings. The van der Waals surface area contributed by atoms with Gasteiger partial charge in [-0.2, -0.15) is 0 Å². The van der Waals surface area contributed by atoms with Crippen molar-refractivity contribution in [1.82, 2.24) is 4.98 Å². The van der Waals surface area contributed by atoms with Gasteiger partial charge >= 0.3 is 0 Å². The zero-order valence-electron chi connectivity index (χ0n) is 12.7. The molecular formula is C17H15ClN2O2S. The summed E-state index contributed by atoms with van der Waals surface area (Å²) in [7, 11) is -3.68. The fourth-order valence-corrected chi connectivity index (χ4v) is 3.97. The van der Waals surface area contributed by atoms with E-state index >= 15 is 0 Å². The van der Waals surface area contributed by atoms with Gasteiger partial charge in [-0.05, 0) is 61.4 Å². The molecular weight excluding hydrogens is 332 g/mol. The number of halogens is 1. The standard InChI is InChI=1S/C17H15ClN2O2S/c1-11-9-17(12(2)8-15(11)18)23(21,22)20-14-5-6-16-13(10-14)4-3-7-19-16/h3-10,20H,1-2H3. The molecule has 0 atom stereocenters. The highest BCUT2D eigenvalue weighted by Gasteiger charge is 2.18. The van der Waals surface area contributed by atoms with Gasteiger partial charge in [0.25, 0.3) is 10.0 Å². The maximum absolute atomic E-state index is 12.7. The normalized spacial score (nSPS) is 11.6. The lowest BCUT2D eigenvalue weighted by atomic mass is 10.2. The SMILES string of the molecule is Cc1cc(S(=O)(=O)Nc2ccc3ncccc3c2)c(C)cc1Cl. The average Bonchev–Trinajstić information content (AvgIpc) is 2.50. The van der Waals surface area contributed by atoms with E-state index in [0.717, 1.165) is 16.5 Å². The van der Waals surface area contributed by atoms with Crippen LogP contribution in [0.2, 0.25) is 5.02 Å². The molecule has 0 radical (unpaired) electrons. The molecule has 0 spiro atoms. The van der Waals surface area contributed by atoms with E-state index in [-0.39, 0.29) is 4.90 Å². The molecule has 0 bridgehead atoms. The molecule has 1 N–H and O–H groups in total. The van der Waals surface area contributed by atoms with Crippen LogP contribution in [0.25, 0.3) is 10.9 Å². The van der Waals surface area contributed by atoms with E-state index < -0.39 is 10.0 Å². The summed E-state index contributed by atoms with van der Waals surface area (Å²) in [5.74, 6) is 0. The monoisotopic (exact) mass is 346 g/mol. The van der Waals surface area contributed by atoms with Crippen LogP contribution in [0.1, 0.15) is 11.1 Å². The average molecular weight is 347 g/mol. The molecule has 1 aromatic heterocycles. The Hall–Kier alpha value is -2.11. The van der Waals surface area contributed by atoms with Crippen LogP contribution in [0.4, 0.5) is 5.69 Å². The third kappa shape index (κ3) is 3.16.